The van der Waals surface area contributed by atoms with Gasteiger partial charge in [0.15, 0.2) is 0 Å². The van der Waals surface area contributed by atoms with E-state index in [1.54, 1.807) is 18.3 Å². The lowest BCUT2D eigenvalue weighted by molar-refractivity contribution is -0.384. The summed E-state index contributed by atoms with van der Waals surface area (Å²) in [4.78, 5) is 14.9. The molecule has 4 rings (SSSR count). The molecule has 0 N–H and O–H groups in total. The zero-order chi connectivity index (χ0) is 23.7. The number of hydrogen-bond donors (Lipinski definition) is 0. The lowest BCUT2D eigenvalue weighted by atomic mass is 10.0. The Balaban J connectivity index is 1.62. The van der Waals surface area contributed by atoms with E-state index in [2.05, 4.69) is 15.6 Å². The van der Waals surface area contributed by atoms with Crippen LogP contribution in [0.3, 0.4) is 0 Å². The molecule has 0 aliphatic carbocycles. The van der Waals surface area contributed by atoms with Crippen molar-refractivity contribution in [2.75, 3.05) is 0 Å². The Bertz CT molecular complexity index is 1420. The van der Waals surface area contributed by atoms with Crippen molar-refractivity contribution in [3.8, 4) is 22.9 Å². The highest BCUT2D eigenvalue weighted by atomic mass is 16.6. The predicted molar refractivity (Wildman–Crippen MR) is 127 cm³/mol. The second kappa shape index (κ2) is 8.60. The Morgan fingerprint density at radius 2 is 1.64 bits per heavy atom. The highest BCUT2D eigenvalue weighted by molar-refractivity contribution is 5.84. The molecule has 0 spiro atoms. The van der Waals surface area contributed by atoms with E-state index in [4.69, 9.17) is 4.42 Å². The van der Waals surface area contributed by atoms with E-state index >= 15 is 0 Å². The van der Waals surface area contributed by atoms with Crippen LogP contribution >= 0.6 is 0 Å². The fourth-order valence-electron chi connectivity index (χ4n) is 3.85. The SMILES string of the molecule is Cc1oc(N=Cc2cc(C)n(-c3ccc(-c4ccc([N+](=O)[O-])cc4)cc3)c2C)c(C#N)c1C. The molecule has 0 radical (unpaired) electrons. The molecule has 0 aliphatic heterocycles. The average Bonchev–Trinajstić information content (AvgIpc) is 3.25. The number of nitriles is 1. The Hall–Kier alpha value is -4.44. The van der Waals surface area contributed by atoms with Crippen molar-refractivity contribution in [1.29, 1.82) is 5.26 Å². The van der Waals surface area contributed by atoms with Crippen molar-refractivity contribution < 1.29 is 9.34 Å². The lowest BCUT2D eigenvalue weighted by Gasteiger charge is -2.11. The molecule has 0 amide bonds. The summed E-state index contributed by atoms with van der Waals surface area (Å²) in [6.07, 6.45) is 1.72. The molecule has 2 aromatic carbocycles. The van der Waals surface area contributed by atoms with Crippen molar-refractivity contribution in [2.45, 2.75) is 27.7 Å². The topological polar surface area (TPSA) is 97.4 Å². The monoisotopic (exact) mass is 438 g/mol. The first-order valence-corrected chi connectivity index (χ1v) is 10.4. The molecule has 0 fully saturated rings. The number of benzene rings is 2. The van der Waals surface area contributed by atoms with Gasteiger partial charge in [0.05, 0.1) is 4.92 Å². The number of nitrogens with zero attached hydrogens (tertiary/aromatic N) is 4. The highest BCUT2D eigenvalue weighted by Gasteiger charge is 2.14. The van der Waals surface area contributed by atoms with Crippen LogP contribution in [0.4, 0.5) is 11.6 Å². The lowest BCUT2D eigenvalue weighted by Crippen LogP contribution is -1.99. The van der Waals surface area contributed by atoms with Crippen LogP contribution in [0, 0.1) is 49.1 Å². The summed E-state index contributed by atoms with van der Waals surface area (Å²) in [6, 6.07) is 18.7. The minimum atomic E-state index is -0.402. The number of aromatic nitrogens is 1. The Kier molecular flexibility index (Phi) is 5.67. The number of non-ortho nitro benzene ring substituents is 1. The number of rotatable bonds is 5. The highest BCUT2D eigenvalue weighted by Crippen LogP contribution is 2.29. The van der Waals surface area contributed by atoms with E-state index in [0.29, 0.717) is 17.2 Å². The summed E-state index contributed by atoms with van der Waals surface area (Å²) in [5, 5.41) is 20.3. The van der Waals surface area contributed by atoms with Gasteiger partial charge in [0.1, 0.15) is 17.4 Å². The van der Waals surface area contributed by atoms with Gasteiger partial charge in [0.25, 0.3) is 5.69 Å². The molecular formula is C26H22N4O3. The Morgan fingerprint density at radius 1 is 1.03 bits per heavy atom. The van der Waals surface area contributed by atoms with Crippen LogP contribution in [0.1, 0.15) is 33.8 Å². The molecule has 2 heterocycles. The molecule has 0 saturated heterocycles. The molecule has 0 bridgehead atoms. The fraction of sp³-hybridized carbons (Fsp3) is 0.154. The first kappa shape index (κ1) is 21.8. The smallest absolute Gasteiger partial charge is 0.269 e. The zero-order valence-electron chi connectivity index (χ0n) is 18.8. The molecule has 7 heteroatoms. The van der Waals surface area contributed by atoms with E-state index in [9.17, 15) is 15.4 Å². The molecular weight excluding hydrogens is 416 g/mol. The number of nitro benzene ring substituents is 1. The molecule has 164 valence electrons. The molecule has 33 heavy (non-hydrogen) atoms. The van der Waals surface area contributed by atoms with Crippen molar-refractivity contribution in [3.05, 3.63) is 98.6 Å². The number of hydrogen-bond acceptors (Lipinski definition) is 5. The van der Waals surface area contributed by atoms with Gasteiger partial charge >= 0.3 is 0 Å². The maximum absolute atomic E-state index is 10.9. The van der Waals surface area contributed by atoms with Gasteiger partial charge in [-0.25, -0.2) is 4.99 Å². The molecule has 0 unspecified atom stereocenters. The standard InChI is InChI=1S/C26H22N4O3/c1-16-13-22(15-28-26-25(14-27)17(2)19(4)33-26)18(3)29(16)23-9-5-20(6-10-23)21-7-11-24(12-8-21)30(31)32/h5-13,15H,1-4H3. The van der Waals surface area contributed by atoms with Crippen molar-refractivity contribution in [2.24, 2.45) is 4.99 Å². The first-order valence-electron chi connectivity index (χ1n) is 10.4. The summed E-state index contributed by atoms with van der Waals surface area (Å²) >= 11 is 0. The van der Waals surface area contributed by atoms with Gasteiger partial charge in [-0.05, 0) is 69.2 Å². The van der Waals surface area contributed by atoms with Gasteiger partial charge in [-0.3, -0.25) is 10.1 Å². The predicted octanol–water partition coefficient (Wildman–Crippen LogP) is 6.50. The van der Waals surface area contributed by atoms with E-state index in [1.807, 2.05) is 58.0 Å². The van der Waals surface area contributed by atoms with E-state index < -0.39 is 4.92 Å². The summed E-state index contributed by atoms with van der Waals surface area (Å²) in [5.74, 6) is 1.02. The van der Waals surface area contributed by atoms with Gasteiger partial charge < -0.3 is 8.98 Å². The van der Waals surface area contributed by atoms with Crippen LogP contribution in [-0.2, 0) is 0 Å². The minimum absolute atomic E-state index is 0.0740. The quantitative estimate of drug-likeness (QED) is 0.202. The minimum Gasteiger partial charge on any atom is -0.442 e. The summed E-state index contributed by atoms with van der Waals surface area (Å²) in [7, 11) is 0. The van der Waals surface area contributed by atoms with Crippen LogP contribution in [-0.4, -0.2) is 15.7 Å². The normalized spacial score (nSPS) is 11.1. The van der Waals surface area contributed by atoms with Gasteiger partial charge in [0.2, 0.25) is 5.88 Å². The Morgan fingerprint density at radius 3 is 2.21 bits per heavy atom. The van der Waals surface area contributed by atoms with E-state index in [1.165, 1.54) is 12.1 Å². The average molecular weight is 438 g/mol. The molecule has 2 aromatic heterocycles. The van der Waals surface area contributed by atoms with Crippen molar-refractivity contribution in [1.82, 2.24) is 4.57 Å². The zero-order valence-corrected chi connectivity index (χ0v) is 18.8. The van der Waals surface area contributed by atoms with Crippen LogP contribution in [0.5, 0.6) is 0 Å². The second-order valence-electron chi connectivity index (χ2n) is 7.85. The number of nitro groups is 1. The number of aryl methyl sites for hydroxylation is 2. The van der Waals surface area contributed by atoms with Crippen LogP contribution < -0.4 is 0 Å². The summed E-state index contributed by atoms with van der Waals surface area (Å²) < 4.78 is 7.76. The van der Waals surface area contributed by atoms with Gasteiger partial charge in [0, 0.05) is 46.5 Å². The molecule has 4 aromatic rings. The maximum atomic E-state index is 10.9. The summed E-state index contributed by atoms with van der Waals surface area (Å²) in [5.41, 5.74) is 7.22. The second-order valence-corrected chi connectivity index (χ2v) is 7.85. The Labute approximate surface area is 191 Å². The van der Waals surface area contributed by atoms with Gasteiger partial charge in [-0.15, -0.1) is 0 Å². The maximum Gasteiger partial charge on any atom is 0.269 e. The third-order valence-corrected chi connectivity index (χ3v) is 5.81. The molecule has 0 atom stereocenters. The largest absolute Gasteiger partial charge is 0.442 e. The fourth-order valence-corrected chi connectivity index (χ4v) is 3.85. The third kappa shape index (κ3) is 4.06. The van der Waals surface area contributed by atoms with Gasteiger partial charge in [-0.1, -0.05) is 12.1 Å². The number of aliphatic imine (C=N–C) groups is 1. The third-order valence-electron chi connectivity index (χ3n) is 5.81. The van der Waals surface area contributed by atoms with Crippen LogP contribution in [0.15, 0.2) is 64.0 Å². The van der Waals surface area contributed by atoms with Crippen LogP contribution in [0.25, 0.3) is 16.8 Å². The van der Waals surface area contributed by atoms with Gasteiger partial charge in [-0.2, -0.15) is 5.26 Å². The van der Waals surface area contributed by atoms with Crippen molar-refractivity contribution >= 4 is 17.8 Å². The summed E-state index contributed by atoms with van der Waals surface area (Å²) in [6.45, 7) is 7.71. The van der Waals surface area contributed by atoms with E-state index in [-0.39, 0.29) is 5.69 Å². The van der Waals surface area contributed by atoms with Crippen molar-refractivity contribution in [3.63, 3.8) is 0 Å². The molecule has 0 aliphatic rings. The van der Waals surface area contributed by atoms with Crippen LogP contribution in [0.2, 0.25) is 0 Å². The number of furan rings is 1. The first-order chi connectivity index (χ1) is 15.8. The molecule has 7 nitrogen and oxygen atoms in total. The van der Waals surface area contributed by atoms with E-state index in [0.717, 1.165) is 39.3 Å². The molecule has 0 saturated carbocycles.